The third kappa shape index (κ3) is 4.12. The molecular weight excluding hydrogens is 442 g/mol. The maximum atomic E-state index is 13.1. The number of hydrogen-bond acceptors (Lipinski definition) is 5. The Kier molecular flexibility index (Phi) is 5.90. The van der Waals surface area contributed by atoms with Crippen LogP contribution in [-0.4, -0.2) is 15.0 Å². The van der Waals surface area contributed by atoms with Crippen molar-refractivity contribution in [3.63, 3.8) is 0 Å². The zero-order chi connectivity index (χ0) is 21.3. The van der Waals surface area contributed by atoms with Crippen LogP contribution in [-0.2, 0) is 24.3 Å². The van der Waals surface area contributed by atoms with Gasteiger partial charge in [0.1, 0.15) is 11.2 Å². The van der Waals surface area contributed by atoms with Gasteiger partial charge in [-0.25, -0.2) is 4.79 Å². The van der Waals surface area contributed by atoms with Crippen molar-refractivity contribution in [3.05, 3.63) is 83.5 Å². The summed E-state index contributed by atoms with van der Waals surface area (Å²) in [5.74, 6) is -0.363. The highest BCUT2D eigenvalue weighted by Crippen LogP contribution is 2.21. The number of nitrogens with one attached hydrogen (secondary N) is 1. The molecule has 4 rings (SSSR count). The molecule has 0 fully saturated rings. The van der Waals surface area contributed by atoms with Gasteiger partial charge in [0.15, 0.2) is 0 Å². The second-order valence-corrected chi connectivity index (χ2v) is 9.18. The second kappa shape index (κ2) is 8.59. The molecule has 0 aliphatic carbocycles. The first kappa shape index (κ1) is 20.6. The molecule has 0 radical (unpaired) electrons. The molecule has 1 N–H and O–H groups in total. The predicted molar refractivity (Wildman–Crippen MR) is 123 cm³/mol. The number of fused-ring (bicyclic) bond motifs is 1. The highest BCUT2D eigenvalue weighted by atomic mass is 35.5. The molecule has 0 bridgehead atoms. The van der Waals surface area contributed by atoms with Gasteiger partial charge in [-0.3, -0.25) is 18.7 Å². The molecule has 0 unspecified atom stereocenters. The third-order valence-corrected chi connectivity index (χ3v) is 6.84. The maximum Gasteiger partial charge on any atom is 0.332 e. The highest BCUT2D eigenvalue weighted by molar-refractivity contribution is 7.17. The van der Waals surface area contributed by atoms with Crippen LogP contribution in [0.2, 0.25) is 5.02 Å². The number of hydrogen-bond donors (Lipinski definition) is 1. The lowest BCUT2D eigenvalue weighted by Crippen LogP contribution is -2.41. The van der Waals surface area contributed by atoms with E-state index in [0.717, 1.165) is 10.4 Å². The molecule has 9 heteroatoms. The molecule has 3 heterocycles. The van der Waals surface area contributed by atoms with Crippen molar-refractivity contribution in [2.45, 2.75) is 26.4 Å². The van der Waals surface area contributed by atoms with Gasteiger partial charge in [0.2, 0.25) is 5.91 Å². The minimum absolute atomic E-state index is 0.197. The number of carbonyl (C=O) groups is 1. The topological polar surface area (TPSA) is 73.1 Å². The lowest BCUT2D eigenvalue weighted by Gasteiger charge is -2.13. The van der Waals surface area contributed by atoms with Crippen LogP contribution < -0.4 is 16.6 Å². The number of nitrogens with zero attached hydrogens (tertiary/aromatic N) is 2. The summed E-state index contributed by atoms with van der Waals surface area (Å²) < 4.78 is 3.04. The van der Waals surface area contributed by atoms with E-state index in [4.69, 9.17) is 11.6 Å². The first-order valence-electron chi connectivity index (χ1n) is 9.23. The second-order valence-electron chi connectivity index (χ2n) is 6.80. The van der Waals surface area contributed by atoms with Crippen LogP contribution in [0.5, 0.6) is 0 Å². The first-order chi connectivity index (χ1) is 14.4. The van der Waals surface area contributed by atoms with Crippen molar-refractivity contribution in [1.82, 2.24) is 9.13 Å². The molecule has 154 valence electrons. The predicted octanol–water partition coefficient (Wildman–Crippen LogP) is 4.13. The van der Waals surface area contributed by atoms with Crippen molar-refractivity contribution in [3.8, 4) is 0 Å². The Morgan fingerprint density at radius 2 is 1.93 bits per heavy atom. The van der Waals surface area contributed by atoms with Gasteiger partial charge in [-0.15, -0.1) is 22.7 Å². The Labute approximate surface area is 185 Å². The third-order valence-electron chi connectivity index (χ3n) is 4.77. The van der Waals surface area contributed by atoms with Gasteiger partial charge >= 0.3 is 5.69 Å². The molecule has 4 aromatic rings. The summed E-state index contributed by atoms with van der Waals surface area (Å²) in [6, 6.07) is 10.8. The Morgan fingerprint density at radius 3 is 2.70 bits per heavy atom. The number of anilines is 1. The maximum absolute atomic E-state index is 13.1. The van der Waals surface area contributed by atoms with Crippen LogP contribution in [0.3, 0.4) is 0 Å². The fraction of sp³-hybridized carbons (Fsp3) is 0.190. The van der Waals surface area contributed by atoms with Gasteiger partial charge in [-0.1, -0.05) is 23.7 Å². The summed E-state index contributed by atoms with van der Waals surface area (Å²) in [6.45, 7) is 1.93. The average Bonchev–Trinajstić information content (AvgIpc) is 3.40. The number of benzene rings is 1. The molecule has 0 atom stereocenters. The van der Waals surface area contributed by atoms with E-state index in [0.29, 0.717) is 27.3 Å². The quantitative estimate of drug-likeness (QED) is 0.471. The van der Waals surface area contributed by atoms with Gasteiger partial charge < -0.3 is 5.32 Å². The smallest absolute Gasteiger partial charge is 0.324 e. The number of carbonyl (C=O) groups excluding carboxylic acids is 1. The Hall–Kier alpha value is -2.68. The number of halogens is 1. The fourth-order valence-electron chi connectivity index (χ4n) is 3.22. The fourth-order valence-corrected chi connectivity index (χ4v) is 4.94. The number of thiophene rings is 2. The molecule has 0 aliphatic heterocycles. The summed E-state index contributed by atoms with van der Waals surface area (Å²) in [4.78, 5) is 39.7. The first-order valence-corrected chi connectivity index (χ1v) is 11.4. The molecule has 30 heavy (non-hydrogen) atoms. The number of rotatable bonds is 6. The average molecular weight is 460 g/mol. The largest absolute Gasteiger partial charge is 0.332 e. The molecule has 6 nitrogen and oxygen atoms in total. The van der Waals surface area contributed by atoms with Crippen LogP contribution in [0.25, 0.3) is 10.2 Å². The number of amides is 1. The van der Waals surface area contributed by atoms with E-state index in [9.17, 15) is 14.4 Å². The standard InChI is InChI=1S/C21H18ClN3O3S2/c1-13-4-5-14(22)11-16(13)23-18(26)12-25-17-7-10-30-19(17)20(27)24(21(25)28)8-6-15-3-2-9-29-15/h2-5,7,9-11H,6,8,12H2,1H3,(H,23,26). The van der Waals surface area contributed by atoms with Crippen molar-refractivity contribution in [2.75, 3.05) is 5.32 Å². The van der Waals surface area contributed by atoms with E-state index in [2.05, 4.69) is 5.32 Å². The van der Waals surface area contributed by atoms with Gasteiger partial charge in [0.25, 0.3) is 5.56 Å². The minimum atomic E-state index is -0.486. The van der Waals surface area contributed by atoms with Crippen LogP contribution in [0.15, 0.2) is 56.7 Å². The van der Waals surface area contributed by atoms with Crippen LogP contribution in [0.1, 0.15) is 10.4 Å². The molecular formula is C21H18ClN3O3S2. The highest BCUT2D eigenvalue weighted by Gasteiger charge is 2.17. The van der Waals surface area contributed by atoms with E-state index >= 15 is 0 Å². The summed E-state index contributed by atoms with van der Waals surface area (Å²) in [5.41, 5.74) is 1.12. The summed E-state index contributed by atoms with van der Waals surface area (Å²) in [5, 5.41) is 7.03. The van der Waals surface area contributed by atoms with Gasteiger partial charge in [-0.05, 0) is 53.9 Å². The molecule has 1 aromatic carbocycles. The molecule has 0 saturated heterocycles. The van der Waals surface area contributed by atoms with Gasteiger partial charge in [-0.2, -0.15) is 0 Å². The van der Waals surface area contributed by atoms with Gasteiger partial charge in [0, 0.05) is 22.1 Å². The van der Waals surface area contributed by atoms with Crippen molar-refractivity contribution in [2.24, 2.45) is 0 Å². The Morgan fingerprint density at radius 1 is 1.10 bits per heavy atom. The van der Waals surface area contributed by atoms with E-state index in [1.165, 1.54) is 20.5 Å². The molecule has 1 amide bonds. The summed E-state index contributed by atoms with van der Waals surface area (Å²) >= 11 is 8.87. The van der Waals surface area contributed by atoms with Crippen LogP contribution in [0.4, 0.5) is 5.69 Å². The molecule has 0 spiro atoms. The van der Waals surface area contributed by atoms with E-state index in [-0.39, 0.29) is 24.6 Å². The molecule has 3 aromatic heterocycles. The lowest BCUT2D eigenvalue weighted by molar-refractivity contribution is -0.116. The van der Waals surface area contributed by atoms with Crippen molar-refractivity contribution in [1.29, 1.82) is 0 Å². The molecule has 0 saturated carbocycles. The van der Waals surface area contributed by atoms with Crippen LogP contribution in [0, 0.1) is 6.92 Å². The Balaban J connectivity index is 1.67. The van der Waals surface area contributed by atoms with E-state index < -0.39 is 5.69 Å². The number of aryl methyl sites for hydroxylation is 2. The monoisotopic (exact) mass is 459 g/mol. The molecule has 0 aliphatic rings. The minimum Gasteiger partial charge on any atom is -0.324 e. The Bertz CT molecular complexity index is 1340. The van der Waals surface area contributed by atoms with E-state index in [1.54, 1.807) is 34.9 Å². The van der Waals surface area contributed by atoms with E-state index in [1.807, 2.05) is 30.5 Å². The van der Waals surface area contributed by atoms with Crippen LogP contribution >= 0.6 is 34.3 Å². The number of aromatic nitrogens is 2. The SMILES string of the molecule is Cc1ccc(Cl)cc1NC(=O)Cn1c(=O)n(CCc2cccs2)c(=O)c2sccc21. The summed E-state index contributed by atoms with van der Waals surface area (Å²) in [6.07, 6.45) is 0.581. The zero-order valence-corrected chi connectivity index (χ0v) is 18.4. The van der Waals surface area contributed by atoms with Crippen molar-refractivity contribution >= 4 is 56.1 Å². The lowest BCUT2D eigenvalue weighted by atomic mass is 10.2. The summed E-state index contributed by atoms with van der Waals surface area (Å²) in [7, 11) is 0. The zero-order valence-electron chi connectivity index (χ0n) is 16.1. The normalized spacial score (nSPS) is 11.1. The van der Waals surface area contributed by atoms with Crippen molar-refractivity contribution < 1.29 is 4.79 Å². The van der Waals surface area contributed by atoms with Gasteiger partial charge in [0.05, 0.1) is 5.52 Å².